The third-order valence-corrected chi connectivity index (χ3v) is 5.21. The zero-order valence-corrected chi connectivity index (χ0v) is 15.6. The van der Waals surface area contributed by atoms with Crippen molar-refractivity contribution >= 4 is 5.69 Å². The number of aliphatic hydroxyl groups excluding tert-OH is 1. The zero-order valence-electron chi connectivity index (χ0n) is 15.6. The first kappa shape index (κ1) is 19.0. The fourth-order valence-electron chi connectivity index (χ4n) is 3.65. The summed E-state index contributed by atoms with van der Waals surface area (Å²) in [6, 6.07) is 9.22. The maximum atomic E-state index is 14.0. The summed E-state index contributed by atoms with van der Waals surface area (Å²) in [4.78, 5) is 4.05. The third kappa shape index (κ3) is 4.20. The number of β-amino-alcohol motifs (C(OH)–C–C–N with tert-alkyl or cyclic N) is 1. The third-order valence-electron chi connectivity index (χ3n) is 5.21. The van der Waals surface area contributed by atoms with Gasteiger partial charge in [-0.15, -0.1) is 0 Å². The lowest BCUT2D eigenvalue weighted by Gasteiger charge is -2.37. The van der Waals surface area contributed by atoms with E-state index in [1.54, 1.807) is 0 Å². The number of fused-ring (bicyclic) bond motifs is 1. The fraction of sp³-hybridized carbons (Fsp3) is 0.429. The maximum Gasteiger partial charge on any atom is 0.161 e. The largest absolute Gasteiger partial charge is 0.490 e. The Morgan fingerprint density at radius 3 is 2.43 bits per heavy atom. The van der Waals surface area contributed by atoms with Gasteiger partial charge in [0.25, 0.3) is 0 Å². The van der Waals surface area contributed by atoms with Crippen LogP contribution in [-0.2, 0) is 0 Å². The molecule has 0 saturated carbocycles. The van der Waals surface area contributed by atoms with Crippen LogP contribution in [0.15, 0.2) is 36.4 Å². The number of rotatable bonds is 4. The van der Waals surface area contributed by atoms with Crippen LogP contribution in [0, 0.1) is 11.6 Å². The first-order chi connectivity index (χ1) is 13.6. The number of hydrogen-bond acceptors (Lipinski definition) is 5. The highest BCUT2D eigenvalue weighted by atomic mass is 19.1. The van der Waals surface area contributed by atoms with Crippen molar-refractivity contribution < 1.29 is 23.4 Å². The first-order valence-electron chi connectivity index (χ1n) is 9.60. The number of anilines is 1. The van der Waals surface area contributed by atoms with Crippen molar-refractivity contribution in [2.24, 2.45) is 0 Å². The zero-order chi connectivity index (χ0) is 19.5. The van der Waals surface area contributed by atoms with Crippen molar-refractivity contribution in [2.45, 2.75) is 12.5 Å². The second-order valence-corrected chi connectivity index (χ2v) is 7.16. The van der Waals surface area contributed by atoms with E-state index < -0.39 is 17.7 Å². The van der Waals surface area contributed by atoms with Crippen LogP contribution >= 0.6 is 0 Å². The molecule has 0 bridgehead atoms. The number of ether oxygens (including phenoxy) is 2. The Labute approximate surface area is 163 Å². The number of piperazine rings is 1. The van der Waals surface area contributed by atoms with Crippen molar-refractivity contribution in [3.63, 3.8) is 0 Å². The Kier molecular flexibility index (Phi) is 5.64. The van der Waals surface area contributed by atoms with E-state index in [2.05, 4.69) is 4.90 Å². The average molecular weight is 390 g/mol. The van der Waals surface area contributed by atoms with Crippen LogP contribution < -0.4 is 14.4 Å². The predicted molar refractivity (Wildman–Crippen MR) is 102 cm³/mol. The predicted octanol–water partition coefficient (Wildman–Crippen LogP) is 2.98. The number of nitrogens with zero attached hydrogens (tertiary/aromatic N) is 2. The number of halogens is 2. The van der Waals surface area contributed by atoms with E-state index in [9.17, 15) is 13.9 Å². The molecule has 7 heteroatoms. The molecular weight excluding hydrogens is 366 g/mol. The molecule has 0 aromatic heterocycles. The lowest BCUT2D eigenvalue weighted by Crippen LogP contribution is -2.47. The molecule has 1 fully saturated rings. The summed E-state index contributed by atoms with van der Waals surface area (Å²) in [6.45, 7) is 4.35. The molecule has 2 aromatic rings. The summed E-state index contributed by atoms with van der Waals surface area (Å²) in [5.74, 6) is 0.271. The summed E-state index contributed by atoms with van der Waals surface area (Å²) >= 11 is 0. The van der Waals surface area contributed by atoms with E-state index in [0.29, 0.717) is 63.1 Å². The van der Waals surface area contributed by atoms with Gasteiger partial charge in [0.05, 0.1) is 25.0 Å². The minimum absolute atomic E-state index is 0.421. The Balaban J connectivity index is 1.35. The van der Waals surface area contributed by atoms with Gasteiger partial charge < -0.3 is 19.5 Å². The van der Waals surface area contributed by atoms with E-state index in [4.69, 9.17) is 9.47 Å². The Hall–Kier alpha value is -2.38. The number of benzene rings is 2. The van der Waals surface area contributed by atoms with Gasteiger partial charge in [-0.05, 0) is 29.8 Å². The molecule has 5 nitrogen and oxygen atoms in total. The summed E-state index contributed by atoms with van der Waals surface area (Å²) < 4.78 is 38.4. The van der Waals surface area contributed by atoms with Gasteiger partial charge in [0.15, 0.2) is 11.5 Å². The van der Waals surface area contributed by atoms with Gasteiger partial charge in [-0.3, -0.25) is 4.90 Å². The molecule has 4 rings (SSSR count). The van der Waals surface area contributed by atoms with Crippen molar-refractivity contribution in [1.82, 2.24) is 4.90 Å². The minimum Gasteiger partial charge on any atom is -0.490 e. The van der Waals surface area contributed by atoms with Crippen molar-refractivity contribution in [3.8, 4) is 11.5 Å². The van der Waals surface area contributed by atoms with Crippen LogP contribution in [0.5, 0.6) is 11.5 Å². The van der Waals surface area contributed by atoms with Crippen LogP contribution in [0.25, 0.3) is 0 Å². The number of hydrogen-bond donors (Lipinski definition) is 1. The van der Waals surface area contributed by atoms with Crippen LogP contribution in [0.3, 0.4) is 0 Å². The normalized spacial score (nSPS) is 18.6. The Bertz CT molecular complexity index is 825. The summed E-state index contributed by atoms with van der Waals surface area (Å²) in [5, 5.41) is 10.6. The molecule has 0 unspecified atom stereocenters. The highest BCUT2D eigenvalue weighted by Gasteiger charge is 2.23. The monoisotopic (exact) mass is 390 g/mol. The molecule has 28 heavy (non-hydrogen) atoms. The Morgan fingerprint density at radius 2 is 1.68 bits per heavy atom. The van der Waals surface area contributed by atoms with Gasteiger partial charge in [-0.2, -0.15) is 0 Å². The summed E-state index contributed by atoms with van der Waals surface area (Å²) in [6.07, 6.45) is 0.192. The molecule has 2 heterocycles. The molecule has 1 atom stereocenters. The van der Waals surface area contributed by atoms with Crippen LogP contribution in [0.2, 0.25) is 0 Å². The van der Waals surface area contributed by atoms with Gasteiger partial charge in [-0.1, -0.05) is 6.07 Å². The summed E-state index contributed by atoms with van der Waals surface area (Å²) in [5.41, 5.74) is 1.21. The van der Waals surface area contributed by atoms with Gasteiger partial charge >= 0.3 is 0 Å². The molecule has 1 saturated heterocycles. The van der Waals surface area contributed by atoms with Crippen LogP contribution in [0.4, 0.5) is 14.5 Å². The van der Waals surface area contributed by atoms with Crippen LogP contribution in [-0.4, -0.2) is 55.9 Å². The molecule has 150 valence electrons. The van der Waals surface area contributed by atoms with Gasteiger partial charge in [0.1, 0.15) is 11.6 Å². The molecule has 0 amide bonds. The topological polar surface area (TPSA) is 45.2 Å². The molecule has 1 N–H and O–H groups in total. The molecule has 0 spiro atoms. The van der Waals surface area contributed by atoms with Gasteiger partial charge in [-0.25, -0.2) is 8.78 Å². The van der Waals surface area contributed by atoms with E-state index in [0.717, 1.165) is 18.1 Å². The second kappa shape index (κ2) is 8.32. The average Bonchev–Trinajstić information content (AvgIpc) is 2.93. The second-order valence-electron chi connectivity index (χ2n) is 7.16. The van der Waals surface area contributed by atoms with Crippen molar-refractivity contribution in [2.75, 3.05) is 50.8 Å². The lowest BCUT2D eigenvalue weighted by molar-refractivity contribution is 0.109. The van der Waals surface area contributed by atoms with Gasteiger partial charge in [0.2, 0.25) is 0 Å². The van der Waals surface area contributed by atoms with E-state index in [1.807, 2.05) is 23.1 Å². The van der Waals surface area contributed by atoms with Crippen molar-refractivity contribution in [1.29, 1.82) is 0 Å². The number of aliphatic hydroxyl groups is 1. The van der Waals surface area contributed by atoms with Crippen molar-refractivity contribution in [3.05, 3.63) is 53.6 Å². The lowest BCUT2D eigenvalue weighted by atomic mass is 10.1. The quantitative estimate of drug-likeness (QED) is 0.870. The standard InChI is InChI=1S/C21H24F2N2O3/c22-16-3-4-18(17(23)13-16)25-8-6-24(7-9-25)14-19(26)15-2-5-20-21(12-15)28-11-1-10-27-20/h2-5,12-13,19,26H,1,6-11,14H2/t19-/m0/s1. The molecule has 2 aliphatic heterocycles. The maximum absolute atomic E-state index is 14.0. The van der Waals surface area contributed by atoms with E-state index in [-0.39, 0.29) is 0 Å². The highest BCUT2D eigenvalue weighted by Crippen LogP contribution is 2.32. The molecular formula is C21H24F2N2O3. The molecule has 2 aromatic carbocycles. The molecule has 0 radical (unpaired) electrons. The van der Waals surface area contributed by atoms with Gasteiger partial charge in [0, 0.05) is 45.2 Å². The smallest absolute Gasteiger partial charge is 0.161 e. The van der Waals surface area contributed by atoms with E-state index in [1.165, 1.54) is 12.1 Å². The molecule has 2 aliphatic rings. The van der Waals surface area contributed by atoms with E-state index >= 15 is 0 Å². The minimum atomic E-state index is -0.647. The SMILES string of the molecule is O[C@@H](CN1CCN(c2ccc(F)cc2F)CC1)c1ccc2c(c1)OCCCO2. The van der Waals surface area contributed by atoms with Crippen LogP contribution in [0.1, 0.15) is 18.1 Å². The Morgan fingerprint density at radius 1 is 0.929 bits per heavy atom. The first-order valence-corrected chi connectivity index (χ1v) is 9.60. The summed E-state index contributed by atoms with van der Waals surface area (Å²) in [7, 11) is 0. The molecule has 0 aliphatic carbocycles. The fourth-order valence-corrected chi connectivity index (χ4v) is 3.65. The highest BCUT2D eigenvalue weighted by molar-refractivity contribution is 5.48.